The van der Waals surface area contributed by atoms with Gasteiger partial charge in [-0.25, -0.2) is 0 Å². The molecule has 1 heterocycles. The summed E-state index contributed by atoms with van der Waals surface area (Å²) in [6, 6.07) is 9.57. The summed E-state index contributed by atoms with van der Waals surface area (Å²) in [5, 5.41) is 5.65. The molecule has 1 aromatic carbocycles. The molecule has 5 nitrogen and oxygen atoms in total. The Bertz CT molecular complexity index is 707. The van der Waals surface area contributed by atoms with Crippen molar-refractivity contribution >= 4 is 17.6 Å². The van der Waals surface area contributed by atoms with E-state index in [1.54, 1.807) is 0 Å². The predicted octanol–water partition coefficient (Wildman–Crippen LogP) is 1.94. The summed E-state index contributed by atoms with van der Waals surface area (Å²) in [7, 11) is 0. The molecule has 0 aromatic heterocycles. The number of amides is 2. The van der Waals surface area contributed by atoms with Crippen molar-refractivity contribution in [1.29, 1.82) is 0 Å². The SMILES string of the molecule is CC1(C)C=C2NC(=O)C[C@H](C(=O)NCc3ccccc3)[C@H]2C(=O)C1. The first-order chi connectivity index (χ1) is 11.4. The first-order valence-electron chi connectivity index (χ1n) is 8.23. The molecular formula is C19H22N2O3. The Labute approximate surface area is 141 Å². The number of allylic oxidation sites excluding steroid dienone is 2. The second-order valence-electron chi connectivity index (χ2n) is 7.27. The number of hydrogen-bond acceptors (Lipinski definition) is 3. The molecule has 2 amide bonds. The Hall–Kier alpha value is -2.43. The van der Waals surface area contributed by atoms with E-state index in [9.17, 15) is 14.4 Å². The highest BCUT2D eigenvalue weighted by atomic mass is 16.2. The molecule has 2 aliphatic rings. The number of ketones is 1. The average Bonchev–Trinajstić information content (AvgIpc) is 2.51. The van der Waals surface area contributed by atoms with Gasteiger partial charge in [-0.15, -0.1) is 0 Å². The second-order valence-corrected chi connectivity index (χ2v) is 7.27. The van der Waals surface area contributed by atoms with Crippen LogP contribution in [0.15, 0.2) is 42.1 Å². The number of carbonyl (C=O) groups excluding carboxylic acids is 3. The van der Waals surface area contributed by atoms with Crippen molar-refractivity contribution in [3.8, 4) is 0 Å². The van der Waals surface area contributed by atoms with Gasteiger partial charge in [0.05, 0.1) is 11.8 Å². The number of benzene rings is 1. The second kappa shape index (κ2) is 6.23. The van der Waals surface area contributed by atoms with Gasteiger partial charge in [-0.1, -0.05) is 50.3 Å². The van der Waals surface area contributed by atoms with Gasteiger partial charge in [0.1, 0.15) is 5.78 Å². The molecule has 3 rings (SSSR count). The summed E-state index contributed by atoms with van der Waals surface area (Å²) >= 11 is 0. The van der Waals surface area contributed by atoms with Gasteiger partial charge in [0.2, 0.25) is 11.8 Å². The van der Waals surface area contributed by atoms with E-state index in [-0.39, 0.29) is 29.4 Å². The lowest BCUT2D eigenvalue weighted by atomic mass is 9.69. The normalized spacial score (nSPS) is 25.3. The van der Waals surface area contributed by atoms with Crippen LogP contribution in [-0.2, 0) is 20.9 Å². The molecule has 0 bridgehead atoms. The van der Waals surface area contributed by atoms with Gasteiger partial charge in [0.25, 0.3) is 0 Å². The summed E-state index contributed by atoms with van der Waals surface area (Å²) in [5.74, 6) is -1.58. The molecule has 1 aliphatic carbocycles. The number of fused-ring (bicyclic) bond motifs is 1. The fourth-order valence-electron chi connectivity index (χ4n) is 3.54. The van der Waals surface area contributed by atoms with Crippen molar-refractivity contribution in [2.75, 3.05) is 0 Å². The number of piperidine rings is 1. The van der Waals surface area contributed by atoms with Crippen LogP contribution in [0.3, 0.4) is 0 Å². The van der Waals surface area contributed by atoms with Gasteiger partial charge < -0.3 is 10.6 Å². The fourth-order valence-corrected chi connectivity index (χ4v) is 3.54. The van der Waals surface area contributed by atoms with Crippen LogP contribution >= 0.6 is 0 Å². The van der Waals surface area contributed by atoms with Crippen molar-refractivity contribution in [2.24, 2.45) is 17.3 Å². The molecule has 2 N–H and O–H groups in total. The summed E-state index contributed by atoms with van der Waals surface area (Å²) in [6.45, 7) is 4.31. The standard InChI is InChI=1S/C19H22N2O3/c1-19(2)9-14-17(15(22)10-19)13(8-16(23)21-14)18(24)20-11-12-6-4-3-5-7-12/h3-7,9,13,17H,8,10-11H2,1-2H3,(H,20,24)(H,21,23)/t13-,17+/m0/s1. The third kappa shape index (κ3) is 3.40. The molecule has 0 spiro atoms. The zero-order valence-corrected chi connectivity index (χ0v) is 14.0. The topological polar surface area (TPSA) is 75.3 Å². The molecule has 24 heavy (non-hydrogen) atoms. The Balaban J connectivity index is 1.77. The van der Waals surface area contributed by atoms with Crippen molar-refractivity contribution in [1.82, 2.24) is 10.6 Å². The lowest BCUT2D eigenvalue weighted by Gasteiger charge is -2.38. The number of hydrogen-bond donors (Lipinski definition) is 2. The minimum absolute atomic E-state index is 0.0253. The van der Waals surface area contributed by atoms with Crippen LogP contribution in [-0.4, -0.2) is 17.6 Å². The first-order valence-corrected chi connectivity index (χ1v) is 8.23. The zero-order valence-electron chi connectivity index (χ0n) is 14.0. The quantitative estimate of drug-likeness (QED) is 0.891. The van der Waals surface area contributed by atoms with Gasteiger partial charge >= 0.3 is 0 Å². The number of Topliss-reactive ketones (excluding diaryl/α,β-unsaturated/α-hetero) is 1. The van der Waals surface area contributed by atoms with E-state index in [0.29, 0.717) is 18.7 Å². The van der Waals surface area contributed by atoms with Gasteiger partial charge in [0.15, 0.2) is 0 Å². The summed E-state index contributed by atoms with van der Waals surface area (Å²) < 4.78 is 0. The Kier molecular flexibility index (Phi) is 4.26. The van der Waals surface area contributed by atoms with Crippen molar-refractivity contribution in [3.63, 3.8) is 0 Å². The molecule has 0 unspecified atom stereocenters. The Morgan fingerprint density at radius 2 is 1.96 bits per heavy atom. The third-order valence-electron chi connectivity index (χ3n) is 4.60. The summed E-state index contributed by atoms with van der Waals surface area (Å²) in [4.78, 5) is 37.2. The van der Waals surface area contributed by atoms with Crippen LogP contribution in [0.5, 0.6) is 0 Å². The highest BCUT2D eigenvalue weighted by Crippen LogP contribution is 2.39. The van der Waals surface area contributed by atoms with Crippen molar-refractivity contribution < 1.29 is 14.4 Å². The molecule has 0 radical (unpaired) electrons. The molecular weight excluding hydrogens is 304 g/mol. The van der Waals surface area contributed by atoms with E-state index < -0.39 is 11.8 Å². The number of carbonyl (C=O) groups is 3. The maximum atomic E-state index is 12.6. The van der Waals surface area contributed by atoms with E-state index in [2.05, 4.69) is 10.6 Å². The van der Waals surface area contributed by atoms with Crippen LogP contribution in [0.4, 0.5) is 0 Å². The first kappa shape index (κ1) is 16.4. The molecule has 126 valence electrons. The minimum Gasteiger partial charge on any atom is -0.352 e. The van der Waals surface area contributed by atoms with E-state index in [1.807, 2.05) is 50.3 Å². The van der Waals surface area contributed by atoms with Crippen LogP contribution in [0.2, 0.25) is 0 Å². The van der Waals surface area contributed by atoms with Gasteiger partial charge in [-0.2, -0.15) is 0 Å². The fraction of sp³-hybridized carbons (Fsp3) is 0.421. The molecule has 1 aliphatic heterocycles. The summed E-state index contributed by atoms with van der Waals surface area (Å²) in [6.07, 6.45) is 2.36. The molecule has 1 fully saturated rings. The molecule has 2 atom stereocenters. The van der Waals surface area contributed by atoms with Gasteiger partial charge in [-0.05, 0) is 11.0 Å². The van der Waals surface area contributed by atoms with Crippen LogP contribution < -0.4 is 10.6 Å². The Morgan fingerprint density at radius 3 is 2.67 bits per heavy atom. The van der Waals surface area contributed by atoms with Gasteiger partial charge in [0, 0.05) is 25.1 Å². The Morgan fingerprint density at radius 1 is 1.25 bits per heavy atom. The van der Waals surface area contributed by atoms with Gasteiger partial charge in [-0.3, -0.25) is 14.4 Å². The highest BCUT2D eigenvalue weighted by Gasteiger charge is 2.45. The smallest absolute Gasteiger partial charge is 0.225 e. The predicted molar refractivity (Wildman–Crippen MR) is 89.5 cm³/mol. The van der Waals surface area contributed by atoms with Crippen LogP contribution in [0.25, 0.3) is 0 Å². The van der Waals surface area contributed by atoms with E-state index in [4.69, 9.17) is 0 Å². The zero-order chi connectivity index (χ0) is 17.3. The average molecular weight is 326 g/mol. The monoisotopic (exact) mass is 326 g/mol. The van der Waals surface area contributed by atoms with Crippen molar-refractivity contribution in [3.05, 3.63) is 47.7 Å². The lowest BCUT2D eigenvalue weighted by Crippen LogP contribution is -2.50. The number of nitrogens with one attached hydrogen (secondary N) is 2. The lowest BCUT2D eigenvalue weighted by molar-refractivity contribution is -0.139. The molecule has 5 heteroatoms. The van der Waals surface area contributed by atoms with E-state index in [0.717, 1.165) is 5.56 Å². The van der Waals surface area contributed by atoms with Crippen molar-refractivity contribution in [2.45, 2.75) is 33.2 Å². The minimum atomic E-state index is -0.627. The van der Waals surface area contributed by atoms with E-state index >= 15 is 0 Å². The molecule has 1 saturated heterocycles. The highest BCUT2D eigenvalue weighted by molar-refractivity contribution is 5.97. The third-order valence-corrected chi connectivity index (χ3v) is 4.60. The molecule has 0 saturated carbocycles. The molecule has 1 aromatic rings. The maximum absolute atomic E-state index is 12.6. The summed E-state index contributed by atoms with van der Waals surface area (Å²) in [5.41, 5.74) is 1.28. The maximum Gasteiger partial charge on any atom is 0.225 e. The van der Waals surface area contributed by atoms with Crippen LogP contribution in [0, 0.1) is 17.3 Å². The number of rotatable bonds is 3. The van der Waals surface area contributed by atoms with E-state index in [1.165, 1.54) is 0 Å². The van der Waals surface area contributed by atoms with Crippen LogP contribution in [0.1, 0.15) is 32.3 Å². The largest absolute Gasteiger partial charge is 0.352 e.